The topological polar surface area (TPSA) is 66.1 Å². The van der Waals surface area contributed by atoms with Crippen LogP contribution in [-0.4, -0.2) is 12.5 Å². The average Bonchev–Trinajstić information content (AvgIpc) is 2.26. The molecule has 0 aliphatic carbocycles. The van der Waals surface area contributed by atoms with E-state index >= 15 is 0 Å². The second-order valence-electron chi connectivity index (χ2n) is 4.46. The third-order valence-corrected chi connectivity index (χ3v) is 2.56. The smallest absolute Gasteiger partial charge is 0.550 e. The van der Waals surface area contributed by atoms with E-state index in [1.807, 2.05) is 0 Å². The zero-order chi connectivity index (χ0) is 13.4. The number of carbonyl (C=O) groups is 1. The predicted molar refractivity (Wildman–Crippen MR) is 71.6 cm³/mol. The van der Waals surface area contributed by atoms with Gasteiger partial charge in [-0.3, -0.25) is 0 Å². The first-order valence-corrected chi connectivity index (χ1v) is 7.02. The molecule has 0 spiro atoms. The monoisotopic (exact) mass is 267 g/mol. The van der Waals surface area contributed by atoms with E-state index in [1.54, 1.807) is 0 Å². The summed E-state index contributed by atoms with van der Waals surface area (Å²) in [6.07, 6.45) is 13.9. The Morgan fingerprint density at radius 2 is 1.17 bits per heavy atom. The number of hydrogen-bond donors (Lipinski definition) is 1. The molecule has 0 saturated carbocycles. The van der Waals surface area contributed by atoms with Gasteiger partial charge in [-0.1, -0.05) is 64.7 Å². The molecule has 0 aliphatic heterocycles. The summed E-state index contributed by atoms with van der Waals surface area (Å²) in [7, 11) is 0. The van der Waals surface area contributed by atoms with Crippen LogP contribution in [0.25, 0.3) is 0 Å². The van der Waals surface area contributed by atoms with Crippen molar-refractivity contribution in [2.75, 3.05) is 6.54 Å². The summed E-state index contributed by atoms with van der Waals surface area (Å²) in [5, 5.41) is 8.89. The molecule has 0 radical (unpaired) electrons. The van der Waals surface area contributed by atoms with Crippen LogP contribution >= 0.6 is 0 Å². The molecule has 0 bridgehead atoms. The van der Waals surface area contributed by atoms with Gasteiger partial charge in [0, 0.05) is 5.97 Å². The van der Waals surface area contributed by atoms with E-state index in [1.165, 1.54) is 64.2 Å². The molecule has 0 atom stereocenters. The molecule has 0 heterocycles. The van der Waals surface area contributed by atoms with Gasteiger partial charge in [-0.15, -0.1) is 0 Å². The Bertz CT molecular complexity index is 141. The Hall–Kier alpha value is 0.430. The molecular formula is C14H30NNaO2. The van der Waals surface area contributed by atoms with Crippen molar-refractivity contribution in [2.45, 2.75) is 78.1 Å². The average molecular weight is 267 g/mol. The maximum Gasteiger partial charge on any atom is 1.00 e. The molecule has 0 aromatic rings. The molecule has 0 aromatic carbocycles. The molecule has 18 heavy (non-hydrogen) atoms. The Morgan fingerprint density at radius 3 is 1.44 bits per heavy atom. The zero-order valence-electron chi connectivity index (χ0n) is 12.7. The molecule has 0 rings (SSSR count). The van der Waals surface area contributed by atoms with Crippen molar-refractivity contribution >= 4 is 5.97 Å². The molecule has 0 aliphatic rings. The number of hydrogen-bond acceptors (Lipinski definition) is 3. The quantitative estimate of drug-likeness (QED) is 0.434. The van der Waals surface area contributed by atoms with Gasteiger partial charge in [0.2, 0.25) is 0 Å². The van der Waals surface area contributed by atoms with Crippen molar-refractivity contribution in [3.05, 3.63) is 0 Å². The van der Waals surface area contributed by atoms with Gasteiger partial charge in [0.05, 0.1) is 0 Å². The van der Waals surface area contributed by atoms with Crippen molar-refractivity contribution in [3.8, 4) is 0 Å². The molecule has 0 amide bonds. The van der Waals surface area contributed by atoms with E-state index in [9.17, 15) is 0 Å². The standard InChI is InChI=1S/C12H27N.C2H4O2.Na/c1-2-3-4-5-6-7-8-9-10-11-12-13;1-2(3)4;/h2-13H2,1H3;1H3,(H,3,4);/q;;+1/p-1. The Labute approximate surface area is 135 Å². The van der Waals surface area contributed by atoms with Gasteiger partial charge in [-0.25, -0.2) is 0 Å². The van der Waals surface area contributed by atoms with Gasteiger partial charge in [-0.2, -0.15) is 0 Å². The Kier molecular flexibility index (Phi) is 29.5. The number of nitrogens with two attached hydrogens (primary N) is 1. The number of carbonyl (C=O) groups excluding carboxylic acids is 1. The fraction of sp³-hybridized carbons (Fsp3) is 0.929. The predicted octanol–water partition coefficient (Wildman–Crippen LogP) is -0.374. The Morgan fingerprint density at radius 1 is 0.889 bits per heavy atom. The van der Waals surface area contributed by atoms with Crippen molar-refractivity contribution in [2.24, 2.45) is 5.73 Å². The maximum absolute atomic E-state index is 8.89. The molecule has 0 fully saturated rings. The van der Waals surface area contributed by atoms with E-state index in [0.29, 0.717) is 0 Å². The summed E-state index contributed by atoms with van der Waals surface area (Å²) in [6.45, 7) is 4.11. The van der Waals surface area contributed by atoms with E-state index in [4.69, 9.17) is 15.6 Å². The van der Waals surface area contributed by atoms with E-state index in [0.717, 1.165) is 13.5 Å². The number of aliphatic carboxylic acids is 1. The molecule has 0 saturated heterocycles. The molecule has 0 aromatic heterocycles. The van der Waals surface area contributed by atoms with Gasteiger partial charge in [0.1, 0.15) is 0 Å². The first-order valence-electron chi connectivity index (χ1n) is 7.02. The van der Waals surface area contributed by atoms with Crippen LogP contribution in [0.15, 0.2) is 0 Å². The van der Waals surface area contributed by atoms with Crippen LogP contribution in [0.1, 0.15) is 78.1 Å². The minimum atomic E-state index is -1.08. The van der Waals surface area contributed by atoms with E-state index in [-0.39, 0.29) is 29.6 Å². The summed E-state index contributed by atoms with van der Waals surface area (Å²) >= 11 is 0. The summed E-state index contributed by atoms with van der Waals surface area (Å²) in [5.41, 5.74) is 5.42. The van der Waals surface area contributed by atoms with Gasteiger partial charge < -0.3 is 15.6 Å². The van der Waals surface area contributed by atoms with Crippen LogP contribution in [0, 0.1) is 0 Å². The number of unbranched alkanes of at least 4 members (excludes halogenated alkanes) is 9. The second kappa shape index (κ2) is 22.6. The zero-order valence-corrected chi connectivity index (χ0v) is 14.7. The van der Waals surface area contributed by atoms with Crippen LogP contribution in [0.2, 0.25) is 0 Å². The van der Waals surface area contributed by atoms with Gasteiger partial charge in [-0.05, 0) is 19.9 Å². The van der Waals surface area contributed by atoms with Crippen LogP contribution in [0.4, 0.5) is 0 Å². The SMILES string of the molecule is CC(=O)[O-].CCCCCCCCCCCCN.[Na+]. The molecule has 3 nitrogen and oxygen atoms in total. The molecule has 104 valence electrons. The number of rotatable bonds is 10. The maximum atomic E-state index is 8.89. The first-order chi connectivity index (χ1) is 8.15. The van der Waals surface area contributed by atoms with Crippen molar-refractivity contribution in [1.82, 2.24) is 0 Å². The molecule has 0 unspecified atom stereocenters. The summed E-state index contributed by atoms with van der Waals surface area (Å²) in [6, 6.07) is 0. The van der Waals surface area contributed by atoms with Crippen LogP contribution in [0.5, 0.6) is 0 Å². The van der Waals surface area contributed by atoms with Gasteiger partial charge >= 0.3 is 29.6 Å². The summed E-state index contributed by atoms with van der Waals surface area (Å²) in [5.74, 6) is -1.08. The van der Waals surface area contributed by atoms with E-state index in [2.05, 4.69) is 6.92 Å². The van der Waals surface area contributed by atoms with Gasteiger partial charge in [0.25, 0.3) is 0 Å². The number of carboxylic acid groups (broad SMARTS) is 1. The third kappa shape index (κ3) is 36.0. The minimum absolute atomic E-state index is 0. The fourth-order valence-electron chi connectivity index (χ4n) is 1.63. The minimum Gasteiger partial charge on any atom is -0.550 e. The fourth-order valence-corrected chi connectivity index (χ4v) is 1.63. The van der Waals surface area contributed by atoms with Crippen molar-refractivity contribution in [1.29, 1.82) is 0 Å². The molecule has 4 heteroatoms. The second-order valence-corrected chi connectivity index (χ2v) is 4.46. The number of carboxylic acids is 1. The largest absolute Gasteiger partial charge is 1.00 e. The Balaban J connectivity index is -0.000000392. The summed E-state index contributed by atoms with van der Waals surface area (Å²) in [4.78, 5) is 8.89. The first kappa shape index (κ1) is 23.5. The normalized spacial score (nSPS) is 9.06. The third-order valence-electron chi connectivity index (χ3n) is 2.56. The van der Waals surface area contributed by atoms with Crippen molar-refractivity contribution in [3.63, 3.8) is 0 Å². The molecule has 2 N–H and O–H groups in total. The van der Waals surface area contributed by atoms with Crippen LogP contribution < -0.4 is 40.4 Å². The summed E-state index contributed by atoms with van der Waals surface area (Å²) < 4.78 is 0. The van der Waals surface area contributed by atoms with Crippen molar-refractivity contribution < 1.29 is 39.5 Å². The van der Waals surface area contributed by atoms with Crippen LogP contribution in [0.3, 0.4) is 0 Å². The molecular weight excluding hydrogens is 237 g/mol. The van der Waals surface area contributed by atoms with Gasteiger partial charge in [0.15, 0.2) is 0 Å². The van der Waals surface area contributed by atoms with E-state index < -0.39 is 5.97 Å². The van der Waals surface area contributed by atoms with Crippen LogP contribution in [-0.2, 0) is 4.79 Å².